The van der Waals surface area contributed by atoms with E-state index in [4.69, 9.17) is 74.5 Å². The van der Waals surface area contributed by atoms with Crippen LogP contribution in [0.25, 0.3) is 0 Å². The number of anilines is 6. The number of aromatic nitrogens is 9. The van der Waals surface area contributed by atoms with Crippen LogP contribution in [0.4, 0.5) is 39.7 Å². The highest BCUT2D eigenvalue weighted by Gasteiger charge is 2.53. The molecule has 0 radical (unpaired) electrons. The Morgan fingerprint density at radius 1 is 0.496 bits per heavy atom. The number of piperidine rings is 3. The van der Waals surface area contributed by atoms with Crippen molar-refractivity contribution < 1.29 is 53.3 Å². The molecule has 9 fully saturated rings. The molecule has 9 saturated heterocycles. The molecule has 8 N–H and O–H groups in total. The van der Waals surface area contributed by atoms with Crippen molar-refractivity contribution >= 4 is 76.3 Å². The maximum atomic E-state index is 12.6. The van der Waals surface area contributed by atoms with Gasteiger partial charge in [0.2, 0.25) is 0 Å². The normalized spacial score (nSPS) is 27.8. The van der Waals surface area contributed by atoms with Gasteiger partial charge in [-0.1, -0.05) is 75.3 Å². The van der Waals surface area contributed by atoms with Crippen LogP contribution in [-0.2, 0) is 38.8 Å². The van der Waals surface area contributed by atoms with E-state index in [1.807, 2.05) is 64.5 Å². The number of amides is 1. The monoisotopic (exact) mass is 1640 g/mol. The van der Waals surface area contributed by atoms with Crippen molar-refractivity contribution in [2.24, 2.45) is 45.5 Å². The highest BCUT2D eigenvalue weighted by Crippen LogP contribution is 2.52. The van der Waals surface area contributed by atoms with Crippen LogP contribution >= 0.6 is 35.3 Å². The fourth-order valence-corrected chi connectivity index (χ4v) is 22.2. The van der Waals surface area contributed by atoms with Gasteiger partial charge in [0.15, 0.2) is 52.2 Å². The lowest BCUT2D eigenvalue weighted by atomic mass is 9.73. The number of fused-ring (bicyclic) bond motifs is 9. The average molecular weight is 1640 g/mol. The Kier molecular flexibility index (Phi) is 24.4. The van der Waals surface area contributed by atoms with Crippen LogP contribution < -0.4 is 60.4 Å². The third kappa shape index (κ3) is 16.6. The number of pyridine rings is 3. The molecule has 1 unspecified atom stereocenters. The summed E-state index contributed by atoms with van der Waals surface area (Å²) in [6, 6.07) is 7.12. The summed E-state index contributed by atoms with van der Waals surface area (Å²) in [6.45, 7) is 29.9. The van der Waals surface area contributed by atoms with Gasteiger partial charge in [-0.25, -0.2) is 49.7 Å². The summed E-state index contributed by atoms with van der Waals surface area (Å²) in [6.07, 6.45) is 23.1. The molecule has 3 spiro atoms. The molecule has 622 valence electrons. The molecule has 12 aliphatic heterocycles. The van der Waals surface area contributed by atoms with E-state index in [0.29, 0.717) is 90.2 Å². The van der Waals surface area contributed by atoms with E-state index in [1.54, 1.807) is 18.6 Å². The molecule has 0 aliphatic carbocycles. The Morgan fingerprint density at radius 2 is 0.817 bits per heavy atom. The number of aliphatic hydroxyl groups is 3. The second-order valence-corrected chi connectivity index (χ2v) is 37.9. The van der Waals surface area contributed by atoms with Crippen molar-refractivity contribution in [3.8, 4) is 17.2 Å². The first kappa shape index (κ1) is 81.6. The minimum Gasteiger partial charge on any atom is -0.486 e. The van der Waals surface area contributed by atoms with Gasteiger partial charge in [0, 0.05) is 106 Å². The van der Waals surface area contributed by atoms with E-state index in [9.17, 15) is 20.1 Å². The molecular formula is C83H116N18O11S3. The number of carbonyl (C=O) groups is 1. The predicted molar refractivity (Wildman–Crippen MR) is 441 cm³/mol. The summed E-state index contributed by atoms with van der Waals surface area (Å²) in [5, 5.41) is 35.9. The number of hydrogen-bond donors (Lipinski definition) is 6. The first-order valence-electron chi connectivity index (χ1n) is 41.8. The lowest BCUT2D eigenvalue weighted by Gasteiger charge is -2.43. The van der Waals surface area contributed by atoms with E-state index < -0.39 is 11.7 Å². The van der Waals surface area contributed by atoms with E-state index in [-0.39, 0.29) is 72.5 Å². The van der Waals surface area contributed by atoms with E-state index >= 15 is 0 Å². The molecular weight excluding hydrogens is 1520 g/mol. The van der Waals surface area contributed by atoms with Crippen LogP contribution in [0, 0.1) is 34.0 Å². The van der Waals surface area contributed by atoms with Gasteiger partial charge in [-0.2, -0.15) is 0 Å². The fourth-order valence-electron chi connectivity index (χ4n) is 19.6. The fraction of sp³-hybridized carbons (Fsp3) is 0.663. The lowest BCUT2D eigenvalue weighted by Crippen LogP contribution is -2.55. The van der Waals surface area contributed by atoms with Crippen LogP contribution in [0.5, 0.6) is 17.2 Å². The molecule has 0 bridgehead atoms. The lowest BCUT2D eigenvalue weighted by molar-refractivity contribution is 0.0433. The minimum atomic E-state index is -0.563. The van der Waals surface area contributed by atoms with Crippen molar-refractivity contribution in [3.05, 3.63) is 72.5 Å². The Bertz CT molecular complexity index is 4240. The first-order valence-corrected chi connectivity index (χ1v) is 44.3. The Balaban J connectivity index is 0.000000130. The summed E-state index contributed by atoms with van der Waals surface area (Å²) in [4.78, 5) is 72.1. The Morgan fingerprint density at radius 3 is 1.12 bits per heavy atom. The molecule has 18 rings (SSSR count). The van der Waals surface area contributed by atoms with Gasteiger partial charge in [0.25, 0.3) is 0 Å². The average Bonchev–Trinajstić information content (AvgIpc) is 1.68. The topological polar surface area (TPSA) is 342 Å². The summed E-state index contributed by atoms with van der Waals surface area (Å²) in [5.74, 6) is 9.53. The summed E-state index contributed by atoms with van der Waals surface area (Å²) >= 11 is 4.52. The highest BCUT2D eigenvalue weighted by atomic mass is 32.2. The summed E-state index contributed by atoms with van der Waals surface area (Å²) in [5.41, 5.74) is 14.1. The summed E-state index contributed by atoms with van der Waals surface area (Å²) in [7, 11) is 0. The molecule has 29 nitrogen and oxygen atoms in total. The van der Waals surface area contributed by atoms with Crippen LogP contribution in [0.1, 0.15) is 156 Å². The van der Waals surface area contributed by atoms with Gasteiger partial charge in [0.05, 0.1) is 115 Å². The molecule has 0 aromatic carbocycles. The zero-order valence-electron chi connectivity index (χ0n) is 68.0. The smallest absolute Gasteiger partial charge is 0.407 e. The van der Waals surface area contributed by atoms with Gasteiger partial charge < -0.3 is 94.7 Å². The van der Waals surface area contributed by atoms with Gasteiger partial charge in [-0.3, -0.25) is 0 Å². The van der Waals surface area contributed by atoms with E-state index in [1.165, 1.54) is 48.1 Å². The zero-order chi connectivity index (χ0) is 80.1. The molecule has 6 aromatic rings. The third-order valence-corrected chi connectivity index (χ3v) is 29.5. The minimum absolute atomic E-state index is 0.0461. The number of carbonyl (C=O) groups excluding carboxylic acids is 1. The van der Waals surface area contributed by atoms with Crippen molar-refractivity contribution in [1.82, 2.24) is 50.2 Å². The van der Waals surface area contributed by atoms with Gasteiger partial charge >= 0.3 is 6.09 Å². The van der Waals surface area contributed by atoms with Gasteiger partial charge in [0.1, 0.15) is 57.6 Å². The Labute approximate surface area is 688 Å². The standard InChI is InChI=1S/C31H44N6O5S.2C26H36N6O3S/c1-6-20-13-21-17-40-25-23(7-10-32-28(25)37(21)15-20)43-24-14-33-27(22(16-38)34-24)36-11-8-31(9-12-36)18-41-19(2)26(31)35-29(39)42-30(3,4)5;2*1-3-17-10-18-14-34-22-20(4-7-28-25(22)32(18)12-17)36-21-11-29-24(19(13-33)30-21)31-8-5-26(6-9-31)15-35-16(2)23(26)27/h7,10,14,19-21,26,38H,6,8-9,11-13,15-18H2,1-5H3,(H,35,39);2*4,7,11,16-18,23,33H,3,5-6,8-10,12-15,27H2,1-2H3/t19-,20?,21-,26+;16-,17+,18-,23+;16-,17-,18-,23+/m000/s1. The number of nitrogens with one attached hydrogen (secondary N) is 1. The van der Waals surface area contributed by atoms with Gasteiger partial charge in [-0.15, -0.1) is 0 Å². The number of alkyl carbamates (subject to hydrolysis) is 1. The number of ether oxygens (including phenoxy) is 7. The van der Waals surface area contributed by atoms with Crippen molar-refractivity contribution in [2.75, 3.05) is 128 Å². The van der Waals surface area contributed by atoms with Crippen LogP contribution in [0.15, 0.2) is 85.1 Å². The number of nitrogens with zero attached hydrogens (tertiary/aromatic N) is 15. The van der Waals surface area contributed by atoms with Crippen LogP contribution in [0.2, 0.25) is 0 Å². The quantitative estimate of drug-likeness (QED) is 0.0524. The van der Waals surface area contributed by atoms with Crippen molar-refractivity contribution in [3.63, 3.8) is 0 Å². The van der Waals surface area contributed by atoms with Crippen LogP contribution in [0.3, 0.4) is 0 Å². The third-order valence-electron chi connectivity index (χ3n) is 26.7. The molecule has 32 heteroatoms. The maximum Gasteiger partial charge on any atom is 0.407 e. The van der Waals surface area contributed by atoms with Crippen molar-refractivity contribution in [1.29, 1.82) is 0 Å². The molecule has 115 heavy (non-hydrogen) atoms. The second-order valence-electron chi connectivity index (χ2n) is 34.8. The molecule has 12 atom stereocenters. The molecule has 0 saturated carbocycles. The highest BCUT2D eigenvalue weighted by molar-refractivity contribution is 7.99. The Hall–Kier alpha value is -7.11. The molecule has 12 aliphatic rings. The van der Waals surface area contributed by atoms with Crippen molar-refractivity contribution in [2.45, 2.75) is 249 Å². The van der Waals surface area contributed by atoms with E-state index in [2.05, 4.69) is 84.3 Å². The zero-order valence-corrected chi connectivity index (χ0v) is 70.5. The first-order chi connectivity index (χ1) is 55.6. The number of aliphatic hydroxyl groups excluding tert-OH is 3. The molecule has 1 amide bonds. The van der Waals surface area contributed by atoms with Crippen LogP contribution in [-0.4, -0.2) is 225 Å². The number of rotatable bonds is 16. The maximum absolute atomic E-state index is 12.6. The number of hydrogen-bond acceptors (Lipinski definition) is 31. The number of nitrogens with two attached hydrogens (primary N) is 2. The van der Waals surface area contributed by atoms with E-state index in [0.717, 1.165) is 207 Å². The molecule has 18 heterocycles. The predicted octanol–water partition coefficient (Wildman–Crippen LogP) is 10.1. The molecule has 6 aromatic heterocycles. The summed E-state index contributed by atoms with van der Waals surface area (Å²) < 4.78 is 42.0. The largest absolute Gasteiger partial charge is 0.486 e. The van der Waals surface area contributed by atoms with Gasteiger partial charge in [-0.05, 0) is 135 Å². The SMILES string of the molecule is CCC1C[C@H]2COc3c(Sc4cnc(N5CCC6(CC5)CO[C@@H](C)[C@H]6NC(=O)OC(C)(C)C)c(CO)n4)ccnc3N2C1.CC[C@@H]1C[C@H]2COc3c(Sc4cnc(N5CCC6(CC5)CO[C@@H](C)[C@H]6N)c(CO)n4)ccnc3N2C1.CC[C@H]1C[C@H]2COc3c(Sc4cnc(N5CCC6(CC5)CO[C@@H](C)[C@H]6N)c(CO)n4)ccnc3N2C1. The second kappa shape index (κ2) is 34.3.